The lowest BCUT2D eigenvalue weighted by molar-refractivity contribution is -0.870. The van der Waals surface area contributed by atoms with E-state index < -0.39 is 20.0 Å². The average Bonchev–Trinajstić information content (AvgIpc) is 3.32. The van der Waals surface area contributed by atoms with Crippen molar-refractivity contribution in [2.24, 2.45) is 0 Å². The number of nitrogens with one attached hydrogen (secondary N) is 1. The van der Waals surface area contributed by atoms with Crippen LogP contribution < -0.4 is 5.32 Å². The smallest absolute Gasteiger partial charge is 0.456 e. The molecule has 0 heterocycles. The Kier molecular flexibility index (Phi) is 47.3. The predicted molar refractivity (Wildman–Crippen MR) is 300 cm³/mol. The van der Waals surface area contributed by atoms with Crippen LogP contribution in [-0.4, -0.2) is 74.3 Å². The Morgan fingerprint density at radius 2 is 0.986 bits per heavy atom. The van der Waals surface area contributed by atoms with Crippen LogP contribution in [0.2, 0.25) is 0 Å². The number of hydrogen-bond acceptors (Lipinski definition) is 6. The molecular formula is C60H106N2O7P+. The first-order valence-electron chi connectivity index (χ1n) is 28.1. The monoisotopic (exact) mass is 998 g/mol. The summed E-state index contributed by atoms with van der Waals surface area (Å²) >= 11 is 0. The van der Waals surface area contributed by atoms with E-state index in [1.54, 1.807) is 0 Å². The quantitative estimate of drug-likeness (QED) is 0.0156. The second kappa shape index (κ2) is 49.5. The Bertz CT molecular complexity index is 1520. The van der Waals surface area contributed by atoms with Crippen molar-refractivity contribution in [3.63, 3.8) is 0 Å². The van der Waals surface area contributed by atoms with Gasteiger partial charge in [-0.15, -0.1) is 0 Å². The maximum Gasteiger partial charge on any atom is 0.472 e. The van der Waals surface area contributed by atoms with Crippen LogP contribution in [0, 0.1) is 0 Å². The number of carbonyl (C=O) groups is 2. The second-order valence-corrected chi connectivity index (χ2v) is 21.2. The SMILES string of the molecule is CC/C=C/C=C/C=C/CCCCCCCCCC(=O)OC(/C=C/CCCCCCCCCCCCC)C(COP(=O)(O)OCC[N+](C)(C)C)NC(=O)CCCCC/C=C/C/C=C/C/C=C/C/C=C/CC. The third-order valence-electron chi connectivity index (χ3n) is 11.8. The normalized spacial score (nSPS) is 14.6. The third-order valence-corrected chi connectivity index (χ3v) is 12.8. The maximum atomic E-state index is 13.5. The van der Waals surface area contributed by atoms with Gasteiger partial charge in [-0.05, 0) is 89.5 Å². The summed E-state index contributed by atoms with van der Waals surface area (Å²) in [6.07, 6.45) is 65.4. The van der Waals surface area contributed by atoms with Crippen molar-refractivity contribution in [3.8, 4) is 0 Å². The van der Waals surface area contributed by atoms with E-state index in [9.17, 15) is 19.0 Å². The number of ether oxygens (including phenoxy) is 1. The zero-order valence-corrected chi connectivity index (χ0v) is 46.6. The van der Waals surface area contributed by atoms with E-state index >= 15 is 0 Å². The summed E-state index contributed by atoms with van der Waals surface area (Å²) < 4.78 is 30.6. The first-order chi connectivity index (χ1) is 33.9. The Balaban J connectivity index is 5.47. The number of phosphoric ester groups is 1. The average molecular weight is 998 g/mol. The van der Waals surface area contributed by atoms with Crippen molar-refractivity contribution in [1.29, 1.82) is 0 Å². The molecule has 0 saturated carbocycles. The zero-order valence-electron chi connectivity index (χ0n) is 45.7. The van der Waals surface area contributed by atoms with Crippen molar-refractivity contribution >= 4 is 19.7 Å². The molecule has 0 rings (SSSR count). The molecule has 3 atom stereocenters. The van der Waals surface area contributed by atoms with Gasteiger partial charge in [0.15, 0.2) is 0 Å². The standard InChI is InChI=1S/C60H105N2O7P/c1-7-10-13-16-19-22-25-28-30-32-34-37-40-43-46-49-52-59(63)61-57(56-68-70(65,66)67-55-54-62(4,5)6)58(51-48-45-42-39-36-33-27-24-21-18-15-12-9-3)69-60(64)53-50-47-44-41-38-35-31-29-26-23-20-17-14-11-8-2/h10-11,13-14,17,19-20,22-23,26,28,30,34,37,48,51,57-58H,7-9,12,15-16,18,21,24-25,27,29,31-33,35-36,38-47,49-50,52-56H2,1-6H3,(H-,61,63,65,66)/p+1/b13-10+,14-11+,20-17+,22-19+,26-23+,30-28+,37-34+,51-48+. The van der Waals surface area contributed by atoms with E-state index in [1.807, 2.05) is 33.3 Å². The number of allylic oxidation sites excluding steroid dienone is 15. The van der Waals surface area contributed by atoms with Gasteiger partial charge in [0.05, 0.1) is 33.8 Å². The molecule has 2 N–H and O–H groups in total. The first kappa shape index (κ1) is 66.9. The van der Waals surface area contributed by atoms with E-state index in [0.29, 0.717) is 17.4 Å². The molecule has 3 unspecified atom stereocenters. The number of phosphoric acid groups is 1. The van der Waals surface area contributed by atoms with E-state index in [2.05, 4.69) is 111 Å². The summed E-state index contributed by atoms with van der Waals surface area (Å²) in [5, 5.41) is 3.02. The molecule has 0 aromatic rings. The van der Waals surface area contributed by atoms with E-state index in [1.165, 1.54) is 77.0 Å². The third kappa shape index (κ3) is 49.9. The number of esters is 1. The van der Waals surface area contributed by atoms with Gasteiger partial charge in [0.1, 0.15) is 19.3 Å². The molecule has 70 heavy (non-hydrogen) atoms. The molecule has 9 nitrogen and oxygen atoms in total. The highest BCUT2D eigenvalue weighted by Gasteiger charge is 2.30. The van der Waals surface area contributed by atoms with Crippen molar-refractivity contribution in [2.75, 3.05) is 40.9 Å². The highest BCUT2D eigenvalue weighted by atomic mass is 31.2. The molecular weight excluding hydrogens is 892 g/mol. The molecule has 0 aliphatic heterocycles. The lowest BCUT2D eigenvalue weighted by Gasteiger charge is -2.27. The van der Waals surface area contributed by atoms with Gasteiger partial charge in [-0.1, -0.05) is 215 Å². The van der Waals surface area contributed by atoms with Gasteiger partial charge >= 0.3 is 13.8 Å². The van der Waals surface area contributed by atoms with Crippen LogP contribution in [0.25, 0.3) is 0 Å². The van der Waals surface area contributed by atoms with Crippen LogP contribution in [0.5, 0.6) is 0 Å². The molecule has 0 aliphatic rings. The number of likely N-dealkylation sites (N-methyl/N-ethyl adjacent to an activating group) is 1. The van der Waals surface area contributed by atoms with Crippen molar-refractivity contribution < 1.29 is 37.3 Å². The fourth-order valence-corrected chi connectivity index (χ4v) is 8.25. The molecule has 0 aromatic heterocycles. The van der Waals surface area contributed by atoms with Crippen LogP contribution in [0.1, 0.15) is 220 Å². The van der Waals surface area contributed by atoms with E-state index in [4.69, 9.17) is 13.8 Å². The van der Waals surface area contributed by atoms with Gasteiger partial charge in [-0.3, -0.25) is 18.6 Å². The van der Waals surface area contributed by atoms with Crippen LogP contribution in [0.3, 0.4) is 0 Å². The largest absolute Gasteiger partial charge is 0.472 e. The molecule has 0 saturated heterocycles. The van der Waals surface area contributed by atoms with Gasteiger partial charge in [-0.25, -0.2) is 4.57 Å². The fraction of sp³-hybridized carbons (Fsp3) is 0.700. The molecule has 0 fully saturated rings. The number of unbranched alkanes of at least 4 members (excludes halogenated alkanes) is 21. The highest BCUT2D eigenvalue weighted by molar-refractivity contribution is 7.47. The number of quaternary nitrogens is 1. The summed E-state index contributed by atoms with van der Waals surface area (Å²) in [4.78, 5) is 37.6. The van der Waals surface area contributed by atoms with Crippen LogP contribution >= 0.6 is 7.82 Å². The molecule has 10 heteroatoms. The molecule has 0 radical (unpaired) electrons. The highest BCUT2D eigenvalue weighted by Crippen LogP contribution is 2.43. The Labute approximate surface area is 430 Å². The van der Waals surface area contributed by atoms with Gasteiger partial charge in [-0.2, -0.15) is 0 Å². The number of nitrogens with zero attached hydrogens (tertiary/aromatic N) is 1. The fourth-order valence-electron chi connectivity index (χ4n) is 7.52. The summed E-state index contributed by atoms with van der Waals surface area (Å²) in [7, 11) is 1.45. The van der Waals surface area contributed by atoms with Crippen molar-refractivity contribution in [1.82, 2.24) is 5.32 Å². The number of amides is 1. The van der Waals surface area contributed by atoms with Gasteiger partial charge in [0.2, 0.25) is 5.91 Å². The summed E-state index contributed by atoms with van der Waals surface area (Å²) in [6, 6.07) is -0.874. The van der Waals surface area contributed by atoms with E-state index in [-0.39, 0.29) is 37.9 Å². The lowest BCUT2D eigenvalue weighted by Crippen LogP contribution is -2.47. The Morgan fingerprint density at radius 1 is 0.529 bits per heavy atom. The number of rotatable bonds is 49. The molecule has 402 valence electrons. The summed E-state index contributed by atoms with van der Waals surface area (Å²) in [5.41, 5.74) is 0. The van der Waals surface area contributed by atoms with E-state index in [0.717, 1.165) is 103 Å². The van der Waals surface area contributed by atoms with Gasteiger partial charge in [0.25, 0.3) is 0 Å². The Morgan fingerprint density at radius 3 is 1.54 bits per heavy atom. The summed E-state index contributed by atoms with van der Waals surface area (Å²) in [6.45, 7) is 6.72. The minimum atomic E-state index is -4.46. The lowest BCUT2D eigenvalue weighted by atomic mass is 10.0. The van der Waals surface area contributed by atoms with Crippen LogP contribution in [0.4, 0.5) is 0 Å². The zero-order chi connectivity index (χ0) is 51.5. The van der Waals surface area contributed by atoms with Gasteiger partial charge < -0.3 is 19.4 Å². The predicted octanol–water partition coefficient (Wildman–Crippen LogP) is 16.8. The van der Waals surface area contributed by atoms with Crippen molar-refractivity contribution in [2.45, 2.75) is 232 Å². The molecule has 0 spiro atoms. The second-order valence-electron chi connectivity index (χ2n) is 19.8. The van der Waals surface area contributed by atoms with Gasteiger partial charge in [0, 0.05) is 12.8 Å². The molecule has 0 aliphatic carbocycles. The number of carbonyl (C=O) groups excluding carboxylic acids is 2. The first-order valence-corrected chi connectivity index (χ1v) is 29.6. The number of hydrogen-bond donors (Lipinski definition) is 2. The minimum absolute atomic E-state index is 0.0269. The summed E-state index contributed by atoms with van der Waals surface area (Å²) in [5.74, 6) is -0.562. The molecule has 0 aromatic carbocycles. The molecule has 0 bridgehead atoms. The van der Waals surface area contributed by atoms with Crippen LogP contribution in [-0.2, 0) is 27.9 Å². The van der Waals surface area contributed by atoms with Crippen molar-refractivity contribution in [3.05, 3.63) is 97.2 Å². The maximum absolute atomic E-state index is 13.5. The molecule has 1 amide bonds. The minimum Gasteiger partial charge on any atom is -0.456 e. The van der Waals surface area contributed by atoms with Crippen LogP contribution in [0.15, 0.2) is 97.2 Å². The topological polar surface area (TPSA) is 111 Å². The Hall–Kier alpha value is -3.07.